The largest absolute Gasteiger partial charge is 0.476 e. The van der Waals surface area contributed by atoms with Gasteiger partial charge in [-0.05, 0) is 23.3 Å². The molecule has 8 heteroatoms. The molecule has 0 aromatic heterocycles. The molecule has 3 aromatic carbocycles. The van der Waals surface area contributed by atoms with Crippen molar-refractivity contribution < 1.29 is 17.9 Å². The lowest BCUT2D eigenvalue weighted by atomic mass is 10.2. The highest BCUT2D eigenvalue weighted by atomic mass is 32.2. The van der Waals surface area contributed by atoms with Gasteiger partial charge in [0.15, 0.2) is 6.10 Å². The summed E-state index contributed by atoms with van der Waals surface area (Å²) in [6, 6.07) is 26.3. The molecule has 0 spiro atoms. The van der Waals surface area contributed by atoms with Gasteiger partial charge in [-0.2, -0.15) is 0 Å². The molecule has 0 aliphatic carbocycles. The Bertz CT molecular complexity index is 1340. The minimum absolute atomic E-state index is 0.0367. The summed E-state index contributed by atoms with van der Waals surface area (Å²) in [5.74, 6) is 0.0976. The molecular weight excluding hydrogens is 486 g/mol. The standard InChI is InChI=1S/C29H31N3O4S/c33-29(31-20-18-30(19-21-31)17-9-14-24-10-3-1-4-11-24)28-22-32(26-15-7-8-16-27(26)36-28)37(34,35)23-25-12-5-2-6-13-25/h1-16,28H,17-23H2/b14-9+/t28-/m0/s1. The molecule has 7 nitrogen and oxygen atoms in total. The van der Waals surface area contributed by atoms with Gasteiger partial charge in [-0.3, -0.25) is 14.0 Å². The van der Waals surface area contributed by atoms with Crippen LogP contribution in [0.15, 0.2) is 91.0 Å². The number of fused-ring (bicyclic) bond motifs is 1. The molecule has 0 saturated carbocycles. The number of benzene rings is 3. The normalized spacial score (nSPS) is 18.4. The Morgan fingerprint density at radius 2 is 1.51 bits per heavy atom. The van der Waals surface area contributed by atoms with Crippen LogP contribution in [0.1, 0.15) is 11.1 Å². The van der Waals surface area contributed by atoms with E-state index in [1.54, 1.807) is 41.3 Å². The van der Waals surface area contributed by atoms with E-state index in [0.717, 1.165) is 25.2 Å². The molecule has 0 bridgehead atoms. The number of piperazine rings is 1. The molecule has 2 heterocycles. The summed E-state index contributed by atoms with van der Waals surface area (Å²) in [7, 11) is -3.72. The fourth-order valence-corrected chi connectivity index (χ4v) is 6.30. The van der Waals surface area contributed by atoms with Crippen molar-refractivity contribution in [1.82, 2.24) is 9.80 Å². The fraction of sp³-hybridized carbons (Fsp3) is 0.276. The lowest BCUT2D eigenvalue weighted by Crippen LogP contribution is -2.56. The lowest BCUT2D eigenvalue weighted by molar-refractivity contribution is -0.140. The number of carbonyl (C=O) groups is 1. The zero-order valence-electron chi connectivity index (χ0n) is 20.6. The van der Waals surface area contributed by atoms with Gasteiger partial charge in [0.25, 0.3) is 5.91 Å². The first-order valence-electron chi connectivity index (χ1n) is 12.5. The van der Waals surface area contributed by atoms with E-state index >= 15 is 0 Å². The summed E-state index contributed by atoms with van der Waals surface area (Å²) in [4.78, 5) is 17.5. The van der Waals surface area contributed by atoms with Crippen LogP contribution in [-0.2, 0) is 20.6 Å². The molecule has 192 valence electrons. The van der Waals surface area contributed by atoms with Crippen LogP contribution in [0.3, 0.4) is 0 Å². The number of sulfonamides is 1. The van der Waals surface area contributed by atoms with Crippen molar-refractivity contribution in [1.29, 1.82) is 0 Å². The van der Waals surface area contributed by atoms with Crippen molar-refractivity contribution in [3.8, 4) is 5.75 Å². The number of nitrogens with zero attached hydrogens (tertiary/aromatic N) is 3. The maximum Gasteiger partial charge on any atom is 0.265 e. The van der Waals surface area contributed by atoms with Crippen LogP contribution in [0.5, 0.6) is 5.75 Å². The molecule has 2 aliphatic heterocycles. The average molecular weight is 518 g/mol. The third-order valence-electron chi connectivity index (χ3n) is 6.70. The Kier molecular flexibility index (Phi) is 7.58. The number of amides is 1. The number of carbonyl (C=O) groups excluding carboxylic acids is 1. The van der Waals surface area contributed by atoms with Gasteiger partial charge >= 0.3 is 0 Å². The first-order valence-corrected chi connectivity index (χ1v) is 14.1. The van der Waals surface area contributed by atoms with Gasteiger partial charge in [-0.15, -0.1) is 0 Å². The highest BCUT2D eigenvalue weighted by Gasteiger charge is 2.38. The Balaban J connectivity index is 1.23. The van der Waals surface area contributed by atoms with Crippen LogP contribution in [0.4, 0.5) is 5.69 Å². The molecule has 2 aliphatic rings. The van der Waals surface area contributed by atoms with Crippen molar-refractivity contribution in [2.24, 2.45) is 0 Å². The van der Waals surface area contributed by atoms with E-state index in [2.05, 4.69) is 29.2 Å². The summed E-state index contributed by atoms with van der Waals surface area (Å²) < 4.78 is 34.3. The van der Waals surface area contributed by atoms with Gasteiger partial charge in [0.1, 0.15) is 5.75 Å². The first kappa shape index (κ1) is 25.0. The van der Waals surface area contributed by atoms with E-state index in [1.807, 2.05) is 36.4 Å². The smallest absolute Gasteiger partial charge is 0.265 e. The van der Waals surface area contributed by atoms with Gasteiger partial charge in [-0.1, -0.05) is 84.9 Å². The van der Waals surface area contributed by atoms with E-state index in [-0.39, 0.29) is 18.2 Å². The van der Waals surface area contributed by atoms with Gasteiger partial charge in [-0.25, -0.2) is 8.42 Å². The monoisotopic (exact) mass is 517 g/mol. The minimum Gasteiger partial charge on any atom is -0.476 e. The first-order chi connectivity index (χ1) is 18.0. The number of para-hydroxylation sites is 2. The lowest BCUT2D eigenvalue weighted by Gasteiger charge is -2.39. The second kappa shape index (κ2) is 11.2. The fourth-order valence-electron chi connectivity index (χ4n) is 4.71. The second-order valence-electron chi connectivity index (χ2n) is 9.29. The van der Waals surface area contributed by atoms with E-state index in [9.17, 15) is 13.2 Å². The number of hydrogen-bond acceptors (Lipinski definition) is 5. The highest BCUT2D eigenvalue weighted by molar-refractivity contribution is 7.92. The third kappa shape index (κ3) is 6.03. The maximum absolute atomic E-state index is 13.4. The zero-order valence-corrected chi connectivity index (χ0v) is 21.5. The minimum atomic E-state index is -3.72. The van der Waals surface area contributed by atoms with Crippen molar-refractivity contribution in [2.45, 2.75) is 11.9 Å². The third-order valence-corrected chi connectivity index (χ3v) is 8.41. The molecule has 5 rings (SSSR count). The Labute approximate surface area is 218 Å². The van der Waals surface area contributed by atoms with Crippen LogP contribution in [0.25, 0.3) is 6.08 Å². The average Bonchev–Trinajstić information content (AvgIpc) is 2.93. The Morgan fingerprint density at radius 1 is 0.865 bits per heavy atom. The van der Waals surface area contributed by atoms with E-state index < -0.39 is 16.1 Å². The van der Waals surface area contributed by atoms with Crippen LogP contribution < -0.4 is 9.04 Å². The number of ether oxygens (including phenoxy) is 1. The van der Waals surface area contributed by atoms with Gasteiger partial charge in [0.2, 0.25) is 10.0 Å². The number of hydrogen-bond donors (Lipinski definition) is 0. The van der Waals surface area contributed by atoms with E-state index in [0.29, 0.717) is 30.1 Å². The SMILES string of the molecule is O=C([C@@H]1CN(S(=O)(=O)Cc2ccccc2)c2ccccc2O1)N1CCN(C/C=C/c2ccccc2)CC1. The highest BCUT2D eigenvalue weighted by Crippen LogP contribution is 2.36. The predicted molar refractivity (Wildman–Crippen MR) is 146 cm³/mol. The van der Waals surface area contributed by atoms with Crippen molar-refractivity contribution in [2.75, 3.05) is 43.6 Å². The van der Waals surface area contributed by atoms with Gasteiger partial charge in [0, 0.05) is 32.7 Å². The Morgan fingerprint density at radius 3 is 2.24 bits per heavy atom. The summed E-state index contributed by atoms with van der Waals surface area (Å²) >= 11 is 0. The molecule has 3 aromatic rings. The maximum atomic E-state index is 13.4. The molecule has 0 N–H and O–H groups in total. The van der Waals surface area contributed by atoms with Crippen molar-refractivity contribution >= 4 is 27.7 Å². The van der Waals surface area contributed by atoms with Crippen LogP contribution in [0.2, 0.25) is 0 Å². The van der Waals surface area contributed by atoms with E-state index in [1.165, 1.54) is 4.31 Å². The predicted octanol–water partition coefficient (Wildman–Crippen LogP) is 3.64. The van der Waals surface area contributed by atoms with Crippen LogP contribution in [0, 0.1) is 0 Å². The molecule has 1 saturated heterocycles. The van der Waals surface area contributed by atoms with Crippen molar-refractivity contribution in [3.05, 3.63) is 102 Å². The molecule has 1 amide bonds. The van der Waals surface area contributed by atoms with E-state index in [4.69, 9.17) is 4.74 Å². The molecule has 37 heavy (non-hydrogen) atoms. The molecular formula is C29H31N3O4S. The second-order valence-corrected chi connectivity index (χ2v) is 11.2. The van der Waals surface area contributed by atoms with Gasteiger partial charge in [0.05, 0.1) is 18.0 Å². The summed E-state index contributed by atoms with van der Waals surface area (Å²) in [5, 5.41) is 0. The molecule has 0 unspecified atom stereocenters. The van der Waals surface area contributed by atoms with Crippen LogP contribution in [-0.4, -0.2) is 69.5 Å². The molecule has 1 atom stereocenters. The zero-order chi connectivity index (χ0) is 25.7. The number of rotatable bonds is 7. The van der Waals surface area contributed by atoms with Gasteiger partial charge < -0.3 is 9.64 Å². The molecule has 0 radical (unpaired) electrons. The quantitative estimate of drug-likeness (QED) is 0.479. The summed E-state index contributed by atoms with van der Waals surface area (Å²) in [5.41, 5.74) is 2.34. The number of anilines is 1. The summed E-state index contributed by atoms with van der Waals surface area (Å²) in [6.45, 7) is 3.45. The molecule has 1 fully saturated rings. The summed E-state index contributed by atoms with van der Waals surface area (Å²) in [6.07, 6.45) is 3.36. The topological polar surface area (TPSA) is 70.2 Å². The van der Waals surface area contributed by atoms with Crippen LogP contribution >= 0.6 is 0 Å². The van der Waals surface area contributed by atoms with Crippen molar-refractivity contribution in [3.63, 3.8) is 0 Å². The Hall–Kier alpha value is -3.62.